The van der Waals surface area contributed by atoms with Gasteiger partial charge in [0.05, 0.1) is 7.11 Å². The van der Waals surface area contributed by atoms with Crippen LogP contribution >= 0.6 is 0 Å². The van der Waals surface area contributed by atoms with Gasteiger partial charge in [-0.05, 0) is 24.3 Å². The van der Waals surface area contributed by atoms with Gasteiger partial charge >= 0.3 is 0 Å². The zero-order chi connectivity index (χ0) is 15.2. The van der Waals surface area contributed by atoms with Crippen LogP contribution in [-0.4, -0.2) is 28.9 Å². The summed E-state index contributed by atoms with van der Waals surface area (Å²) in [6, 6.07) is 6.41. The summed E-state index contributed by atoms with van der Waals surface area (Å²) in [4.78, 5) is 31.1. The Labute approximate surface area is 120 Å². The van der Waals surface area contributed by atoms with E-state index in [1.54, 1.807) is 24.3 Å². The summed E-state index contributed by atoms with van der Waals surface area (Å²) < 4.78 is 4.99. The van der Waals surface area contributed by atoms with Crippen molar-refractivity contribution in [2.24, 2.45) is 0 Å². The molecule has 0 aliphatic carbocycles. The number of nitrogens with two attached hydrogens (primary N) is 1. The molecule has 0 aliphatic rings. The Hall–Kier alpha value is -3.16. The van der Waals surface area contributed by atoms with E-state index in [0.29, 0.717) is 11.3 Å². The molecule has 0 spiro atoms. The SMILES string of the molecule is COc1ccc(C(=O)NNC(=O)c2nccnc2N)cc1. The van der Waals surface area contributed by atoms with E-state index in [9.17, 15) is 9.59 Å². The maximum absolute atomic E-state index is 11.8. The third-order valence-corrected chi connectivity index (χ3v) is 2.58. The van der Waals surface area contributed by atoms with Gasteiger partial charge in [-0.15, -0.1) is 0 Å². The number of nitrogens with zero attached hydrogens (tertiary/aromatic N) is 2. The van der Waals surface area contributed by atoms with Crippen molar-refractivity contribution in [1.29, 1.82) is 0 Å². The van der Waals surface area contributed by atoms with Crippen LogP contribution in [0.3, 0.4) is 0 Å². The van der Waals surface area contributed by atoms with E-state index < -0.39 is 11.8 Å². The number of rotatable bonds is 3. The number of nitrogen functional groups attached to an aromatic ring is 1. The molecule has 0 bridgehead atoms. The average Bonchev–Trinajstić information content (AvgIpc) is 2.52. The molecule has 108 valence electrons. The number of ether oxygens (including phenoxy) is 1. The van der Waals surface area contributed by atoms with Crippen molar-refractivity contribution in [3.05, 3.63) is 47.9 Å². The van der Waals surface area contributed by atoms with Gasteiger partial charge in [0.25, 0.3) is 11.8 Å². The average molecular weight is 287 g/mol. The Bertz CT molecular complexity index is 657. The second kappa shape index (κ2) is 6.33. The van der Waals surface area contributed by atoms with Gasteiger partial charge in [-0.3, -0.25) is 20.4 Å². The lowest BCUT2D eigenvalue weighted by Crippen LogP contribution is -2.42. The lowest BCUT2D eigenvalue weighted by Gasteiger charge is -2.08. The van der Waals surface area contributed by atoms with Gasteiger partial charge in [0.1, 0.15) is 5.75 Å². The number of carbonyl (C=O) groups excluding carboxylic acids is 2. The highest BCUT2D eigenvalue weighted by molar-refractivity contribution is 6.00. The van der Waals surface area contributed by atoms with Crippen molar-refractivity contribution in [2.75, 3.05) is 12.8 Å². The Morgan fingerprint density at radius 3 is 2.29 bits per heavy atom. The molecule has 1 heterocycles. The van der Waals surface area contributed by atoms with Crippen molar-refractivity contribution in [3.8, 4) is 5.75 Å². The smallest absolute Gasteiger partial charge is 0.292 e. The predicted octanol–water partition coefficient (Wildman–Crippen LogP) is 0.142. The fraction of sp³-hybridized carbons (Fsp3) is 0.0769. The van der Waals surface area contributed by atoms with Gasteiger partial charge in [-0.2, -0.15) is 0 Å². The highest BCUT2D eigenvalue weighted by Gasteiger charge is 2.13. The summed E-state index contributed by atoms with van der Waals surface area (Å²) in [6.07, 6.45) is 2.69. The van der Waals surface area contributed by atoms with Crippen LogP contribution in [0.2, 0.25) is 0 Å². The third kappa shape index (κ3) is 3.44. The number of carbonyl (C=O) groups is 2. The van der Waals surface area contributed by atoms with Crippen molar-refractivity contribution in [1.82, 2.24) is 20.8 Å². The fourth-order valence-corrected chi connectivity index (χ4v) is 1.51. The van der Waals surface area contributed by atoms with Gasteiger partial charge in [-0.25, -0.2) is 9.97 Å². The van der Waals surface area contributed by atoms with Crippen LogP contribution in [0.15, 0.2) is 36.7 Å². The molecule has 1 aromatic carbocycles. The van der Waals surface area contributed by atoms with Crippen molar-refractivity contribution >= 4 is 17.6 Å². The number of hydrazine groups is 1. The van der Waals surface area contributed by atoms with E-state index in [1.165, 1.54) is 19.5 Å². The van der Waals surface area contributed by atoms with Gasteiger partial charge < -0.3 is 10.5 Å². The lowest BCUT2D eigenvalue weighted by atomic mass is 10.2. The molecule has 8 nitrogen and oxygen atoms in total. The zero-order valence-electron chi connectivity index (χ0n) is 11.2. The standard InChI is InChI=1S/C13H13N5O3/c1-21-9-4-2-8(3-5-9)12(19)17-18-13(20)10-11(14)16-7-6-15-10/h2-7H,1H3,(H2,14,16)(H,17,19)(H,18,20). The molecule has 2 aromatic rings. The molecule has 0 fully saturated rings. The Morgan fingerprint density at radius 1 is 1.05 bits per heavy atom. The predicted molar refractivity (Wildman–Crippen MR) is 74.4 cm³/mol. The van der Waals surface area contributed by atoms with E-state index in [1.807, 2.05) is 0 Å². The summed E-state index contributed by atoms with van der Waals surface area (Å²) in [5.41, 5.74) is 10.3. The minimum atomic E-state index is -0.650. The Kier molecular flexibility index (Phi) is 4.30. The largest absolute Gasteiger partial charge is 0.497 e. The zero-order valence-corrected chi connectivity index (χ0v) is 11.2. The second-order valence-electron chi connectivity index (χ2n) is 3.93. The topological polar surface area (TPSA) is 119 Å². The van der Waals surface area contributed by atoms with Crippen LogP contribution in [0.25, 0.3) is 0 Å². The Morgan fingerprint density at radius 2 is 1.67 bits per heavy atom. The van der Waals surface area contributed by atoms with Gasteiger partial charge in [-0.1, -0.05) is 0 Å². The van der Waals surface area contributed by atoms with E-state index in [0.717, 1.165) is 0 Å². The number of hydrogen-bond acceptors (Lipinski definition) is 6. The van der Waals surface area contributed by atoms with Crippen LogP contribution in [0.1, 0.15) is 20.8 Å². The van der Waals surface area contributed by atoms with Crippen molar-refractivity contribution < 1.29 is 14.3 Å². The molecule has 8 heteroatoms. The summed E-state index contributed by atoms with van der Waals surface area (Å²) in [6.45, 7) is 0. The van der Waals surface area contributed by atoms with Crippen LogP contribution < -0.4 is 21.3 Å². The number of anilines is 1. The summed E-state index contributed by atoms with van der Waals surface area (Å²) in [7, 11) is 1.53. The first-order valence-electron chi connectivity index (χ1n) is 5.93. The first-order valence-corrected chi connectivity index (χ1v) is 5.93. The second-order valence-corrected chi connectivity index (χ2v) is 3.93. The van der Waals surface area contributed by atoms with Crippen LogP contribution in [0.5, 0.6) is 5.75 Å². The molecule has 0 radical (unpaired) electrons. The van der Waals surface area contributed by atoms with Crippen molar-refractivity contribution in [3.63, 3.8) is 0 Å². The molecule has 0 atom stereocenters. The highest BCUT2D eigenvalue weighted by Crippen LogP contribution is 2.10. The number of methoxy groups -OCH3 is 1. The van der Waals surface area contributed by atoms with Crippen LogP contribution in [0, 0.1) is 0 Å². The molecule has 2 amide bonds. The third-order valence-electron chi connectivity index (χ3n) is 2.58. The molecule has 21 heavy (non-hydrogen) atoms. The fourth-order valence-electron chi connectivity index (χ4n) is 1.51. The van der Waals surface area contributed by atoms with Crippen molar-refractivity contribution in [2.45, 2.75) is 0 Å². The van der Waals surface area contributed by atoms with Crippen LogP contribution in [0.4, 0.5) is 5.82 Å². The molecule has 2 rings (SSSR count). The van der Waals surface area contributed by atoms with E-state index in [2.05, 4.69) is 20.8 Å². The van der Waals surface area contributed by atoms with Crippen LogP contribution in [-0.2, 0) is 0 Å². The maximum Gasteiger partial charge on any atom is 0.292 e. The number of amides is 2. The number of benzene rings is 1. The van der Waals surface area contributed by atoms with Gasteiger partial charge in [0.15, 0.2) is 11.5 Å². The maximum atomic E-state index is 11.8. The van der Waals surface area contributed by atoms with E-state index >= 15 is 0 Å². The molecule has 0 aliphatic heterocycles. The van der Waals surface area contributed by atoms with E-state index in [4.69, 9.17) is 10.5 Å². The summed E-state index contributed by atoms with van der Waals surface area (Å²) in [5, 5.41) is 0. The van der Waals surface area contributed by atoms with Gasteiger partial charge in [0.2, 0.25) is 0 Å². The minimum Gasteiger partial charge on any atom is -0.497 e. The molecular weight excluding hydrogens is 274 g/mol. The van der Waals surface area contributed by atoms with Gasteiger partial charge in [0, 0.05) is 18.0 Å². The molecular formula is C13H13N5O3. The summed E-state index contributed by atoms with van der Waals surface area (Å²) >= 11 is 0. The molecule has 4 N–H and O–H groups in total. The normalized spacial score (nSPS) is 9.76. The minimum absolute atomic E-state index is 0.0197. The molecule has 0 saturated carbocycles. The quantitative estimate of drug-likeness (QED) is 0.691. The monoisotopic (exact) mass is 287 g/mol. The van der Waals surface area contributed by atoms with E-state index in [-0.39, 0.29) is 11.5 Å². The first-order chi connectivity index (χ1) is 10.1. The molecule has 1 aromatic heterocycles. The Balaban J connectivity index is 1.97. The molecule has 0 saturated heterocycles. The first kappa shape index (κ1) is 14.3. The number of hydrogen-bond donors (Lipinski definition) is 3. The molecule has 0 unspecified atom stereocenters. The summed E-state index contributed by atoms with van der Waals surface area (Å²) in [5.74, 6) is -0.521. The highest BCUT2D eigenvalue weighted by atomic mass is 16.5. The number of aromatic nitrogens is 2. The number of nitrogens with one attached hydrogen (secondary N) is 2. The lowest BCUT2D eigenvalue weighted by molar-refractivity contribution is 0.0844.